The van der Waals surface area contributed by atoms with Gasteiger partial charge in [0, 0.05) is 12.8 Å². The van der Waals surface area contributed by atoms with Crippen LogP contribution in [0.2, 0.25) is 0 Å². The van der Waals surface area contributed by atoms with Gasteiger partial charge in [-0.15, -0.1) is 0 Å². The monoisotopic (exact) mass is 1030 g/mol. The summed E-state index contributed by atoms with van der Waals surface area (Å²) in [6, 6.07) is 0. The number of unbranched alkanes of at least 4 members (excludes halogenated alkanes) is 7. The predicted molar refractivity (Wildman–Crippen MR) is 324 cm³/mol. The Labute approximate surface area is 458 Å². The largest absolute Gasteiger partial charge is 0.462 e. The zero-order chi connectivity index (χ0) is 54.3. The molecule has 1 atom stereocenters. The van der Waals surface area contributed by atoms with Gasteiger partial charge in [-0.25, -0.2) is 0 Å². The number of hydrogen-bond donors (Lipinski definition) is 0. The molecule has 0 aliphatic heterocycles. The van der Waals surface area contributed by atoms with E-state index in [1.807, 2.05) is 6.08 Å². The van der Waals surface area contributed by atoms with Gasteiger partial charge in [-0.05, 0) is 141 Å². The first kappa shape index (κ1) is 69.2. The number of esters is 3. The topological polar surface area (TPSA) is 78.9 Å². The molecule has 75 heavy (non-hydrogen) atoms. The average molecular weight is 1030 g/mol. The fourth-order valence-electron chi connectivity index (χ4n) is 6.90. The number of carbonyl (C=O) groups excluding carboxylic acids is 3. The summed E-state index contributed by atoms with van der Waals surface area (Å²) in [5.41, 5.74) is 0. The second-order valence-electron chi connectivity index (χ2n) is 18.1. The number of ether oxygens (including phenoxy) is 3. The van der Waals surface area contributed by atoms with Crippen LogP contribution in [-0.4, -0.2) is 37.2 Å². The molecule has 0 saturated heterocycles. The standard InChI is InChI=1S/C69H102O6/c1-4-7-10-13-16-19-22-25-28-29-30-31-32-33-34-35-36-37-38-39-42-44-47-50-53-56-59-62-68(71)74-65-66(75-69(72)63-60-57-54-51-48-45-41-27-24-21-18-15-12-9-6-3)64-73-67(70)61-58-55-52-49-46-43-40-26-23-20-17-14-11-8-5-2/h7-12,16-21,25-28,30-31,33-34,36-37,39-42,46,48-49,51,57,60,66H,4-6,13-15,22-24,29,32,35,38,43-45,47,50,52-56,58-59,61-65H2,1-3H3/b10-7-,11-8-,12-9-,19-16-,20-17-,21-18-,28-25-,31-30-,34-33-,37-36-,40-26-,41-27-,42-39-,49-46-,51-48-,60-57-. The zero-order valence-electron chi connectivity index (χ0n) is 47.2. The molecule has 0 spiro atoms. The zero-order valence-corrected chi connectivity index (χ0v) is 47.2. The van der Waals surface area contributed by atoms with Gasteiger partial charge in [0.25, 0.3) is 0 Å². The molecule has 1 unspecified atom stereocenters. The normalized spacial score (nSPS) is 13.6. The first-order chi connectivity index (χ1) is 37.0. The van der Waals surface area contributed by atoms with Crippen molar-refractivity contribution in [1.29, 1.82) is 0 Å². The Bertz CT molecular complexity index is 1850. The van der Waals surface area contributed by atoms with Crippen LogP contribution in [0, 0.1) is 0 Å². The summed E-state index contributed by atoms with van der Waals surface area (Å²) in [7, 11) is 0. The molecule has 0 aromatic carbocycles. The molecule has 6 nitrogen and oxygen atoms in total. The fraction of sp³-hybridized carbons (Fsp3) is 0.493. The number of carbonyl (C=O) groups is 3. The maximum Gasteiger partial charge on any atom is 0.310 e. The Balaban J connectivity index is 4.55. The van der Waals surface area contributed by atoms with E-state index in [0.29, 0.717) is 19.3 Å². The molecular weight excluding hydrogens is 925 g/mol. The third kappa shape index (κ3) is 59.0. The van der Waals surface area contributed by atoms with Crippen LogP contribution in [0.1, 0.15) is 201 Å². The van der Waals surface area contributed by atoms with Crippen LogP contribution in [0.3, 0.4) is 0 Å². The maximum absolute atomic E-state index is 12.8. The minimum absolute atomic E-state index is 0.0719. The van der Waals surface area contributed by atoms with E-state index < -0.39 is 12.1 Å². The maximum atomic E-state index is 12.8. The van der Waals surface area contributed by atoms with Gasteiger partial charge in [0.15, 0.2) is 6.10 Å². The summed E-state index contributed by atoms with van der Waals surface area (Å²) in [6.45, 7) is 6.13. The Morgan fingerprint density at radius 2 is 0.520 bits per heavy atom. The van der Waals surface area contributed by atoms with Crippen molar-refractivity contribution in [3.8, 4) is 0 Å². The van der Waals surface area contributed by atoms with E-state index in [4.69, 9.17) is 14.2 Å². The van der Waals surface area contributed by atoms with Crippen molar-refractivity contribution in [2.24, 2.45) is 0 Å². The lowest BCUT2D eigenvalue weighted by Crippen LogP contribution is -2.30. The first-order valence-corrected chi connectivity index (χ1v) is 28.9. The summed E-state index contributed by atoms with van der Waals surface area (Å²) < 4.78 is 16.7. The van der Waals surface area contributed by atoms with E-state index >= 15 is 0 Å². The van der Waals surface area contributed by atoms with Crippen molar-refractivity contribution in [2.45, 2.75) is 207 Å². The molecule has 0 fully saturated rings. The second-order valence-corrected chi connectivity index (χ2v) is 18.1. The van der Waals surface area contributed by atoms with Crippen molar-refractivity contribution in [1.82, 2.24) is 0 Å². The van der Waals surface area contributed by atoms with Crippen molar-refractivity contribution < 1.29 is 28.6 Å². The second kappa shape index (κ2) is 60.8. The van der Waals surface area contributed by atoms with Gasteiger partial charge in [0.1, 0.15) is 13.2 Å². The summed E-state index contributed by atoms with van der Waals surface area (Å²) in [6.07, 6.45) is 93.1. The molecule has 0 bridgehead atoms. The summed E-state index contributed by atoms with van der Waals surface area (Å²) in [4.78, 5) is 38.1. The third-order valence-corrected chi connectivity index (χ3v) is 11.1. The smallest absolute Gasteiger partial charge is 0.310 e. The van der Waals surface area contributed by atoms with Crippen LogP contribution in [0.5, 0.6) is 0 Å². The van der Waals surface area contributed by atoms with Crippen LogP contribution >= 0.6 is 0 Å². The molecule has 6 heteroatoms. The summed E-state index contributed by atoms with van der Waals surface area (Å²) >= 11 is 0. The van der Waals surface area contributed by atoms with Gasteiger partial charge in [-0.1, -0.05) is 234 Å². The molecule has 0 aromatic heterocycles. The average Bonchev–Trinajstić information content (AvgIpc) is 3.41. The van der Waals surface area contributed by atoms with Crippen molar-refractivity contribution >= 4 is 17.9 Å². The summed E-state index contributed by atoms with van der Waals surface area (Å²) in [5.74, 6) is -1.16. The van der Waals surface area contributed by atoms with Crippen LogP contribution in [0.15, 0.2) is 194 Å². The SMILES string of the molecule is CC/C=C\C/C=C\C/C=C\C/C=C\C/C=C\C/C=C\C/C=C\CCCCCCCC(=O)OCC(COC(=O)CCCC/C=C\C/C=C\C/C=C\C/C=C\CC)OC(=O)C/C=C\C/C=C\C/C=C\C/C=C\C/C=C\CC. The predicted octanol–water partition coefficient (Wildman–Crippen LogP) is 19.9. The summed E-state index contributed by atoms with van der Waals surface area (Å²) in [5, 5.41) is 0. The van der Waals surface area contributed by atoms with Gasteiger partial charge >= 0.3 is 17.9 Å². The number of hydrogen-bond acceptors (Lipinski definition) is 6. The molecule has 0 aromatic rings. The van der Waals surface area contributed by atoms with Gasteiger partial charge in [-0.3, -0.25) is 14.4 Å². The Hall–Kier alpha value is -5.75. The van der Waals surface area contributed by atoms with E-state index in [1.165, 1.54) is 0 Å². The van der Waals surface area contributed by atoms with E-state index in [9.17, 15) is 14.4 Å². The van der Waals surface area contributed by atoms with Crippen molar-refractivity contribution in [3.05, 3.63) is 194 Å². The molecule has 414 valence electrons. The van der Waals surface area contributed by atoms with E-state index in [-0.39, 0.29) is 38.0 Å². The highest BCUT2D eigenvalue weighted by atomic mass is 16.6. The van der Waals surface area contributed by atoms with Crippen LogP contribution in [0.25, 0.3) is 0 Å². The molecule has 0 N–H and O–H groups in total. The van der Waals surface area contributed by atoms with Crippen LogP contribution in [0.4, 0.5) is 0 Å². The third-order valence-electron chi connectivity index (χ3n) is 11.1. The lowest BCUT2D eigenvalue weighted by molar-refractivity contribution is -0.166. The lowest BCUT2D eigenvalue weighted by Gasteiger charge is -2.18. The van der Waals surface area contributed by atoms with E-state index in [1.54, 1.807) is 6.08 Å². The molecule has 0 aliphatic carbocycles. The minimum Gasteiger partial charge on any atom is -0.462 e. The van der Waals surface area contributed by atoms with Crippen LogP contribution in [-0.2, 0) is 28.6 Å². The highest BCUT2D eigenvalue weighted by molar-refractivity contribution is 5.72. The van der Waals surface area contributed by atoms with Gasteiger partial charge in [0.2, 0.25) is 0 Å². The molecule has 0 rings (SSSR count). The van der Waals surface area contributed by atoms with Crippen LogP contribution < -0.4 is 0 Å². The van der Waals surface area contributed by atoms with Gasteiger partial charge < -0.3 is 14.2 Å². The van der Waals surface area contributed by atoms with Gasteiger partial charge in [-0.2, -0.15) is 0 Å². The highest BCUT2D eigenvalue weighted by Crippen LogP contribution is 2.11. The Morgan fingerprint density at radius 3 is 0.840 bits per heavy atom. The molecule has 0 amide bonds. The van der Waals surface area contributed by atoms with Crippen molar-refractivity contribution in [3.63, 3.8) is 0 Å². The highest BCUT2D eigenvalue weighted by Gasteiger charge is 2.19. The molecule has 0 radical (unpaired) electrons. The van der Waals surface area contributed by atoms with E-state index in [0.717, 1.165) is 148 Å². The molecule has 0 heterocycles. The lowest BCUT2D eigenvalue weighted by atomic mass is 10.1. The Morgan fingerprint density at radius 1 is 0.280 bits per heavy atom. The molecule has 0 aliphatic rings. The fourth-order valence-corrected chi connectivity index (χ4v) is 6.90. The Kier molecular flexibility index (Phi) is 56.1. The van der Waals surface area contributed by atoms with Crippen molar-refractivity contribution in [2.75, 3.05) is 13.2 Å². The minimum atomic E-state index is -0.870. The number of rotatable bonds is 49. The quantitative estimate of drug-likeness (QED) is 0.0261. The van der Waals surface area contributed by atoms with Gasteiger partial charge in [0.05, 0.1) is 6.42 Å². The first-order valence-electron chi connectivity index (χ1n) is 28.9. The van der Waals surface area contributed by atoms with E-state index in [2.05, 4.69) is 203 Å². The number of allylic oxidation sites excluding steroid dienone is 31. The molecular formula is C69H102O6. The molecule has 0 saturated carbocycles.